The molecule has 3 heteroatoms. The topological polar surface area (TPSA) is 41.1 Å². The van der Waals surface area contributed by atoms with Crippen molar-refractivity contribution in [3.63, 3.8) is 0 Å². The van der Waals surface area contributed by atoms with Crippen LogP contribution in [0.2, 0.25) is 0 Å². The molecule has 0 bridgehead atoms. The molecule has 1 amide bonds. The van der Waals surface area contributed by atoms with Crippen molar-refractivity contribution >= 4 is 11.6 Å². The largest absolute Gasteiger partial charge is 0.325 e. The van der Waals surface area contributed by atoms with E-state index < -0.39 is 0 Å². The molecule has 0 aliphatic rings. The van der Waals surface area contributed by atoms with Crippen LogP contribution < -0.4 is 10.6 Å². The first-order valence-electron chi connectivity index (χ1n) is 7.33. The molecular formula is C18H22N2O. The molecule has 0 unspecified atom stereocenters. The Kier molecular flexibility index (Phi) is 5.52. The summed E-state index contributed by atoms with van der Waals surface area (Å²) in [7, 11) is 0. The lowest BCUT2D eigenvalue weighted by atomic mass is 10.1. The van der Waals surface area contributed by atoms with E-state index in [1.165, 1.54) is 11.1 Å². The van der Waals surface area contributed by atoms with Crippen LogP contribution in [0.15, 0.2) is 48.5 Å². The summed E-state index contributed by atoms with van der Waals surface area (Å²) in [5, 5.41) is 6.08. The maximum absolute atomic E-state index is 11.9. The fourth-order valence-electron chi connectivity index (χ4n) is 2.12. The Morgan fingerprint density at radius 3 is 2.33 bits per heavy atom. The van der Waals surface area contributed by atoms with Crippen molar-refractivity contribution in [2.45, 2.75) is 26.8 Å². The van der Waals surface area contributed by atoms with Crippen LogP contribution in [-0.2, 0) is 17.8 Å². The summed E-state index contributed by atoms with van der Waals surface area (Å²) in [6.45, 7) is 5.14. The SMILES string of the molecule is CCc1ccc(CNCC(=O)Nc2ccccc2C)cc1. The minimum atomic E-state index is -0.0190. The molecule has 0 atom stereocenters. The van der Waals surface area contributed by atoms with E-state index in [2.05, 4.69) is 41.8 Å². The van der Waals surface area contributed by atoms with E-state index >= 15 is 0 Å². The maximum Gasteiger partial charge on any atom is 0.238 e. The van der Waals surface area contributed by atoms with E-state index in [0.717, 1.165) is 17.7 Å². The number of hydrogen-bond acceptors (Lipinski definition) is 2. The van der Waals surface area contributed by atoms with Gasteiger partial charge in [0.15, 0.2) is 0 Å². The van der Waals surface area contributed by atoms with Crippen molar-refractivity contribution in [1.82, 2.24) is 5.32 Å². The lowest BCUT2D eigenvalue weighted by Gasteiger charge is -2.09. The quantitative estimate of drug-likeness (QED) is 0.853. The van der Waals surface area contributed by atoms with E-state index in [4.69, 9.17) is 0 Å². The summed E-state index contributed by atoms with van der Waals surface area (Å²) in [6, 6.07) is 16.2. The Morgan fingerprint density at radius 1 is 1.00 bits per heavy atom. The van der Waals surface area contributed by atoms with Gasteiger partial charge >= 0.3 is 0 Å². The molecule has 0 saturated carbocycles. The highest BCUT2D eigenvalue weighted by Gasteiger charge is 2.03. The van der Waals surface area contributed by atoms with Gasteiger partial charge < -0.3 is 10.6 Å². The van der Waals surface area contributed by atoms with Crippen LogP contribution in [0, 0.1) is 6.92 Å². The third kappa shape index (κ3) is 4.72. The van der Waals surface area contributed by atoms with Gasteiger partial charge in [0, 0.05) is 12.2 Å². The summed E-state index contributed by atoms with van der Waals surface area (Å²) in [4.78, 5) is 11.9. The molecule has 0 spiro atoms. The van der Waals surface area contributed by atoms with Crippen LogP contribution in [0.1, 0.15) is 23.6 Å². The molecule has 0 radical (unpaired) electrons. The second-order valence-corrected chi connectivity index (χ2v) is 5.14. The molecular weight excluding hydrogens is 260 g/mol. The third-order valence-corrected chi connectivity index (χ3v) is 3.47. The van der Waals surface area contributed by atoms with Crippen molar-refractivity contribution in [3.8, 4) is 0 Å². The first-order chi connectivity index (χ1) is 10.2. The molecule has 21 heavy (non-hydrogen) atoms. The van der Waals surface area contributed by atoms with E-state index in [0.29, 0.717) is 13.1 Å². The number of para-hydroxylation sites is 1. The molecule has 0 aliphatic heterocycles. The Balaban J connectivity index is 1.77. The van der Waals surface area contributed by atoms with E-state index in [1.807, 2.05) is 31.2 Å². The van der Waals surface area contributed by atoms with Gasteiger partial charge in [0.1, 0.15) is 0 Å². The molecule has 2 aromatic rings. The zero-order valence-corrected chi connectivity index (χ0v) is 12.6. The Morgan fingerprint density at radius 2 is 1.67 bits per heavy atom. The zero-order chi connectivity index (χ0) is 15.1. The van der Waals surface area contributed by atoms with Gasteiger partial charge in [-0.25, -0.2) is 0 Å². The number of aryl methyl sites for hydroxylation is 2. The second-order valence-electron chi connectivity index (χ2n) is 5.14. The van der Waals surface area contributed by atoms with Crippen molar-refractivity contribution < 1.29 is 4.79 Å². The van der Waals surface area contributed by atoms with E-state index in [-0.39, 0.29) is 5.91 Å². The Hall–Kier alpha value is -2.13. The standard InChI is InChI=1S/C18H22N2O/c1-3-15-8-10-16(11-9-15)12-19-13-18(21)20-17-7-5-4-6-14(17)2/h4-11,19H,3,12-13H2,1-2H3,(H,20,21). The normalized spacial score (nSPS) is 10.4. The summed E-state index contributed by atoms with van der Waals surface area (Å²) in [6.07, 6.45) is 1.05. The highest BCUT2D eigenvalue weighted by atomic mass is 16.1. The van der Waals surface area contributed by atoms with E-state index in [9.17, 15) is 4.79 Å². The summed E-state index contributed by atoms with van der Waals surface area (Å²) < 4.78 is 0. The van der Waals surface area contributed by atoms with Gasteiger partial charge in [-0.05, 0) is 36.1 Å². The average molecular weight is 282 g/mol. The van der Waals surface area contributed by atoms with Gasteiger partial charge in [0.25, 0.3) is 0 Å². The van der Waals surface area contributed by atoms with Crippen LogP contribution in [-0.4, -0.2) is 12.5 Å². The van der Waals surface area contributed by atoms with E-state index in [1.54, 1.807) is 0 Å². The minimum absolute atomic E-state index is 0.0190. The number of rotatable bonds is 6. The number of carbonyl (C=O) groups excluding carboxylic acids is 1. The zero-order valence-electron chi connectivity index (χ0n) is 12.6. The average Bonchev–Trinajstić information content (AvgIpc) is 2.50. The monoisotopic (exact) mass is 282 g/mol. The molecule has 110 valence electrons. The molecule has 0 aliphatic carbocycles. The van der Waals surface area contributed by atoms with Crippen molar-refractivity contribution in [2.24, 2.45) is 0 Å². The lowest BCUT2D eigenvalue weighted by Crippen LogP contribution is -2.27. The van der Waals surface area contributed by atoms with Crippen LogP contribution in [0.25, 0.3) is 0 Å². The number of nitrogens with one attached hydrogen (secondary N) is 2. The van der Waals surface area contributed by atoms with Crippen molar-refractivity contribution in [2.75, 3.05) is 11.9 Å². The maximum atomic E-state index is 11.9. The fraction of sp³-hybridized carbons (Fsp3) is 0.278. The van der Waals surface area contributed by atoms with Crippen LogP contribution in [0.4, 0.5) is 5.69 Å². The first-order valence-corrected chi connectivity index (χ1v) is 7.33. The Bertz CT molecular complexity index is 590. The second kappa shape index (κ2) is 7.60. The van der Waals surface area contributed by atoms with Gasteiger partial charge in [0.2, 0.25) is 5.91 Å². The molecule has 2 rings (SSSR count). The van der Waals surface area contributed by atoms with Gasteiger partial charge in [-0.3, -0.25) is 4.79 Å². The fourth-order valence-corrected chi connectivity index (χ4v) is 2.12. The third-order valence-electron chi connectivity index (χ3n) is 3.47. The minimum Gasteiger partial charge on any atom is -0.325 e. The smallest absolute Gasteiger partial charge is 0.238 e. The van der Waals surface area contributed by atoms with Gasteiger partial charge in [-0.15, -0.1) is 0 Å². The van der Waals surface area contributed by atoms with Crippen LogP contribution in [0.3, 0.4) is 0 Å². The number of benzene rings is 2. The molecule has 0 aromatic heterocycles. The Labute approximate surface area is 126 Å². The molecule has 3 nitrogen and oxygen atoms in total. The van der Waals surface area contributed by atoms with Crippen LogP contribution in [0.5, 0.6) is 0 Å². The molecule has 0 fully saturated rings. The summed E-state index contributed by atoms with van der Waals surface area (Å²) in [5.74, 6) is -0.0190. The molecule has 2 aromatic carbocycles. The molecule has 0 saturated heterocycles. The van der Waals surface area contributed by atoms with Gasteiger partial charge in [0.05, 0.1) is 6.54 Å². The predicted octanol–water partition coefficient (Wildman–Crippen LogP) is 3.29. The highest BCUT2D eigenvalue weighted by molar-refractivity contribution is 5.92. The first kappa shape index (κ1) is 15.3. The van der Waals surface area contributed by atoms with Crippen LogP contribution >= 0.6 is 0 Å². The van der Waals surface area contributed by atoms with Crippen molar-refractivity contribution in [1.29, 1.82) is 0 Å². The lowest BCUT2D eigenvalue weighted by molar-refractivity contribution is -0.115. The summed E-state index contributed by atoms with van der Waals surface area (Å²) in [5.41, 5.74) is 4.46. The van der Waals surface area contributed by atoms with Crippen molar-refractivity contribution in [3.05, 3.63) is 65.2 Å². The predicted molar refractivity (Wildman–Crippen MR) is 87.3 cm³/mol. The van der Waals surface area contributed by atoms with Gasteiger partial charge in [-0.2, -0.15) is 0 Å². The highest BCUT2D eigenvalue weighted by Crippen LogP contribution is 2.12. The number of hydrogen-bond donors (Lipinski definition) is 2. The molecule has 2 N–H and O–H groups in total. The van der Waals surface area contributed by atoms with Gasteiger partial charge in [-0.1, -0.05) is 49.4 Å². The number of carbonyl (C=O) groups is 1. The number of amides is 1. The molecule has 0 heterocycles. The number of anilines is 1. The summed E-state index contributed by atoms with van der Waals surface area (Å²) >= 11 is 0.